The zero-order valence-corrected chi connectivity index (χ0v) is 12.1. The molecule has 1 aromatic carbocycles. The van der Waals surface area contributed by atoms with E-state index in [-0.39, 0.29) is 11.9 Å². The average Bonchev–Trinajstić information content (AvgIpc) is 2.43. The van der Waals surface area contributed by atoms with Crippen LogP contribution >= 0.6 is 11.6 Å². The zero-order chi connectivity index (χ0) is 14.5. The first-order valence-corrected chi connectivity index (χ1v) is 6.57. The Morgan fingerprint density at radius 2 is 1.90 bits per heavy atom. The van der Waals surface area contributed by atoms with E-state index in [9.17, 15) is 4.39 Å². The number of halogens is 2. The van der Waals surface area contributed by atoms with E-state index in [4.69, 9.17) is 11.6 Å². The first-order chi connectivity index (χ1) is 9.56. The lowest BCUT2D eigenvalue weighted by Gasteiger charge is -2.25. The van der Waals surface area contributed by atoms with Gasteiger partial charge in [0.25, 0.3) is 0 Å². The van der Waals surface area contributed by atoms with Crippen LogP contribution in [-0.4, -0.2) is 35.5 Å². The molecule has 0 aliphatic rings. The second-order valence-electron chi connectivity index (χ2n) is 4.64. The molecule has 2 aromatic rings. The molecule has 0 amide bonds. The molecule has 1 unspecified atom stereocenters. The minimum Gasteiger partial charge on any atom is -0.367 e. The van der Waals surface area contributed by atoms with Crippen LogP contribution in [0, 0.1) is 5.82 Å². The number of nitrogens with one attached hydrogen (secondary N) is 1. The maximum Gasteiger partial charge on any atom is 0.147 e. The standard InChI is InChI=1S/C14H16ClFN4/c1-20(2)12(10-3-5-11(16)6-4-10)7-18-14-9-17-13(15)8-19-14/h3-6,8-9,12H,7H2,1-2H3,(H,18,19). The van der Waals surface area contributed by atoms with Gasteiger partial charge < -0.3 is 10.2 Å². The summed E-state index contributed by atoms with van der Waals surface area (Å²) in [7, 11) is 3.95. The molecule has 1 aromatic heterocycles. The highest BCUT2D eigenvalue weighted by Gasteiger charge is 2.14. The van der Waals surface area contributed by atoms with Gasteiger partial charge in [0, 0.05) is 6.54 Å². The SMILES string of the molecule is CN(C)C(CNc1cnc(Cl)cn1)c1ccc(F)cc1. The van der Waals surface area contributed by atoms with Crippen LogP contribution in [0.2, 0.25) is 5.15 Å². The van der Waals surface area contributed by atoms with Crippen molar-refractivity contribution in [3.8, 4) is 0 Å². The quantitative estimate of drug-likeness (QED) is 0.920. The Bertz CT molecular complexity index is 542. The summed E-state index contributed by atoms with van der Waals surface area (Å²) in [5.74, 6) is 0.422. The van der Waals surface area contributed by atoms with Crippen LogP contribution in [-0.2, 0) is 0 Å². The number of nitrogens with zero attached hydrogens (tertiary/aromatic N) is 3. The molecule has 0 spiro atoms. The second kappa shape index (κ2) is 6.63. The molecule has 0 saturated carbocycles. The van der Waals surface area contributed by atoms with Crippen LogP contribution in [0.5, 0.6) is 0 Å². The molecule has 2 rings (SSSR count). The molecule has 6 heteroatoms. The van der Waals surface area contributed by atoms with Gasteiger partial charge >= 0.3 is 0 Å². The molecule has 0 radical (unpaired) electrons. The molecule has 106 valence electrons. The van der Waals surface area contributed by atoms with Crippen LogP contribution in [0.15, 0.2) is 36.7 Å². The Morgan fingerprint density at radius 3 is 2.45 bits per heavy atom. The highest BCUT2D eigenvalue weighted by molar-refractivity contribution is 6.29. The van der Waals surface area contributed by atoms with Gasteiger partial charge in [-0.1, -0.05) is 23.7 Å². The minimum absolute atomic E-state index is 0.105. The van der Waals surface area contributed by atoms with Crippen molar-refractivity contribution >= 4 is 17.4 Å². The maximum atomic E-state index is 13.0. The topological polar surface area (TPSA) is 41.0 Å². The second-order valence-corrected chi connectivity index (χ2v) is 5.02. The minimum atomic E-state index is -0.234. The van der Waals surface area contributed by atoms with Gasteiger partial charge in [-0.2, -0.15) is 0 Å². The number of aromatic nitrogens is 2. The van der Waals surface area contributed by atoms with Gasteiger partial charge in [-0.25, -0.2) is 14.4 Å². The Hall–Kier alpha value is -1.72. The largest absolute Gasteiger partial charge is 0.367 e. The van der Waals surface area contributed by atoms with Crippen LogP contribution in [0.25, 0.3) is 0 Å². The summed E-state index contributed by atoms with van der Waals surface area (Å²) in [5, 5.41) is 3.56. The maximum absolute atomic E-state index is 13.0. The van der Waals surface area contributed by atoms with E-state index in [0.29, 0.717) is 17.5 Å². The van der Waals surface area contributed by atoms with Gasteiger partial charge in [-0.15, -0.1) is 0 Å². The summed E-state index contributed by atoms with van der Waals surface area (Å²) >= 11 is 5.69. The van der Waals surface area contributed by atoms with Crippen molar-refractivity contribution in [2.24, 2.45) is 0 Å². The number of likely N-dealkylation sites (N-methyl/N-ethyl adjacent to an activating group) is 1. The fraction of sp³-hybridized carbons (Fsp3) is 0.286. The van der Waals surface area contributed by atoms with Gasteiger partial charge in [0.1, 0.15) is 16.8 Å². The van der Waals surface area contributed by atoms with Crippen LogP contribution in [0.1, 0.15) is 11.6 Å². The summed E-state index contributed by atoms with van der Waals surface area (Å²) in [6.45, 7) is 0.634. The lowest BCUT2D eigenvalue weighted by molar-refractivity contribution is 0.311. The van der Waals surface area contributed by atoms with E-state index in [1.807, 2.05) is 14.1 Å². The van der Waals surface area contributed by atoms with E-state index in [0.717, 1.165) is 5.56 Å². The lowest BCUT2D eigenvalue weighted by Crippen LogP contribution is -2.27. The van der Waals surface area contributed by atoms with E-state index in [2.05, 4.69) is 20.2 Å². The van der Waals surface area contributed by atoms with Crippen molar-refractivity contribution in [1.82, 2.24) is 14.9 Å². The fourth-order valence-corrected chi connectivity index (χ4v) is 1.99. The monoisotopic (exact) mass is 294 g/mol. The normalized spacial score (nSPS) is 12.4. The first-order valence-electron chi connectivity index (χ1n) is 6.19. The summed E-state index contributed by atoms with van der Waals surface area (Å²) in [4.78, 5) is 10.2. The number of rotatable bonds is 5. The third kappa shape index (κ3) is 3.88. The van der Waals surface area contributed by atoms with Crippen molar-refractivity contribution in [3.05, 3.63) is 53.2 Å². The van der Waals surface area contributed by atoms with Gasteiger partial charge in [0.15, 0.2) is 0 Å². The molecule has 1 N–H and O–H groups in total. The number of hydrogen-bond acceptors (Lipinski definition) is 4. The summed E-state index contributed by atoms with van der Waals surface area (Å²) in [5.41, 5.74) is 1.03. The highest BCUT2D eigenvalue weighted by Crippen LogP contribution is 2.19. The van der Waals surface area contributed by atoms with Crippen molar-refractivity contribution in [3.63, 3.8) is 0 Å². The molecular weight excluding hydrogens is 279 g/mol. The van der Waals surface area contributed by atoms with Crippen molar-refractivity contribution in [1.29, 1.82) is 0 Å². The summed E-state index contributed by atoms with van der Waals surface area (Å²) < 4.78 is 13.0. The zero-order valence-electron chi connectivity index (χ0n) is 11.3. The van der Waals surface area contributed by atoms with E-state index in [1.54, 1.807) is 18.3 Å². The molecule has 0 aliphatic carbocycles. The third-order valence-electron chi connectivity index (χ3n) is 2.97. The summed E-state index contributed by atoms with van der Waals surface area (Å²) in [6, 6.07) is 6.61. The Morgan fingerprint density at radius 1 is 1.20 bits per heavy atom. The van der Waals surface area contributed by atoms with E-state index < -0.39 is 0 Å². The predicted molar refractivity (Wildman–Crippen MR) is 78.4 cm³/mol. The fourth-order valence-electron chi connectivity index (χ4n) is 1.89. The number of benzene rings is 1. The van der Waals surface area contributed by atoms with Crippen molar-refractivity contribution in [2.75, 3.05) is 26.0 Å². The molecule has 20 heavy (non-hydrogen) atoms. The number of anilines is 1. The molecule has 1 heterocycles. The van der Waals surface area contributed by atoms with Gasteiger partial charge in [0.2, 0.25) is 0 Å². The Balaban J connectivity index is 2.06. The van der Waals surface area contributed by atoms with E-state index in [1.165, 1.54) is 18.3 Å². The van der Waals surface area contributed by atoms with Gasteiger partial charge in [-0.05, 0) is 31.8 Å². The van der Waals surface area contributed by atoms with Crippen LogP contribution in [0.3, 0.4) is 0 Å². The first kappa shape index (κ1) is 14.7. The predicted octanol–water partition coefficient (Wildman–Crippen LogP) is 2.98. The van der Waals surface area contributed by atoms with Gasteiger partial charge in [0.05, 0.1) is 18.4 Å². The molecule has 4 nitrogen and oxygen atoms in total. The van der Waals surface area contributed by atoms with Crippen LogP contribution < -0.4 is 5.32 Å². The molecule has 0 bridgehead atoms. The number of hydrogen-bond donors (Lipinski definition) is 1. The molecule has 0 aliphatic heterocycles. The Kier molecular flexibility index (Phi) is 4.87. The average molecular weight is 295 g/mol. The smallest absolute Gasteiger partial charge is 0.147 e. The van der Waals surface area contributed by atoms with Gasteiger partial charge in [-0.3, -0.25) is 0 Å². The highest BCUT2D eigenvalue weighted by atomic mass is 35.5. The van der Waals surface area contributed by atoms with Crippen LogP contribution in [0.4, 0.5) is 10.2 Å². The van der Waals surface area contributed by atoms with Crippen molar-refractivity contribution in [2.45, 2.75) is 6.04 Å². The van der Waals surface area contributed by atoms with E-state index >= 15 is 0 Å². The van der Waals surface area contributed by atoms with Crippen molar-refractivity contribution < 1.29 is 4.39 Å². The molecule has 0 saturated heterocycles. The third-order valence-corrected chi connectivity index (χ3v) is 3.17. The lowest BCUT2D eigenvalue weighted by atomic mass is 10.1. The Labute approximate surface area is 122 Å². The summed E-state index contributed by atoms with van der Waals surface area (Å²) in [6.07, 6.45) is 3.08. The molecular formula is C14H16ClFN4. The molecule has 1 atom stereocenters. The molecule has 0 fully saturated rings.